The number of Topliss-reactive ketones (excluding diaryl/α,β-unsaturated/α-hetero) is 1. The fourth-order valence-electron chi connectivity index (χ4n) is 3.26. The maximum atomic E-state index is 12.1. The van der Waals surface area contributed by atoms with Gasteiger partial charge in [-0.1, -0.05) is 26.1 Å². The van der Waals surface area contributed by atoms with Crippen molar-refractivity contribution in [3.63, 3.8) is 0 Å². The number of hydrogen-bond donors (Lipinski definition) is 2. The van der Waals surface area contributed by atoms with Crippen molar-refractivity contribution in [3.05, 3.63) is 11.8 Å². The van der Waals surface area contributed by atoms with Crippen LogP contribution in [0.4, 0.5) is 0 Å². The van der Waals surface area contributed by atoms with Crippen molar-refractivity contribution in [2.24, 2.45) is 11.8 Å². The molecular formula is C13H22O3Si. The van der Waals surface area contributed by atoms with Crippen LogP contribution in [0.3, 0.4) is 0 Å². The molecule has 2 aliphatic carbocycles. The van der Waals surface area contributed by atoms with Crippen molar-refractivity contribution in [2.45, 2.75) is 50.5 Å². The number of fused-ring (bicyclic) bond motifs is 3. The maximum absolute atomic E-state index is 12.1. The molecule has 3 nitrogen and oxygen atoms in total. The van der Waals surface area contributed by atoms with Crippen LogP contribution in [0, 0.1) is 11.8 Å². The second-order valence-electron chi connectivity index (χ2n) is 6.48. The molecule has 0 spiro atoms. The first kappa shape index (κ1) is 12.8. The van der Waals surface area contributed by atoms with Gasteiger partial charge in [0.25, 0.3) is 0 Å². The van der Waals surface area contributed by atoms with E-state index in [9.17, 15) is 15.0 Å². The van der Waals surface area contributed by atoms with E-state index in [1.165, 1.54) is 0 Å². The van der Waals surface area contributed by atoms with Gasteiger partial charge in [-0.25, -0.2) is 0 Å². The van der Waals surface area contributed by atoms with Gasteiger partial charge in [0.15, 0.2) is 5.78 Å². The third-order valence-electron chi connectivity index (χ3n) is 4.24. The zero-order valence-corrected chi connectivity index (χ0v) is 11.8. The highest BCUT2D eigenvalue weighted by molar-refractivity contribution is 6.78. The Kier molecular flexibility index (Phi) is 3.21. The molecule has 0 aromatic heterocycles. The average molecular weight is 254 g/mol. The van der Waals surface area contributed by atoms with Gasteiger partial charge in [0.1, 0.15) is 6.10 Å². The molecule has 0 aromatic carbocycles. The Labute approximate surface area is 104 Å². The molecular weight excluding hydrogens is 232 g/mol. The molecule has 2 N–H and O–H groups in total. The summed E-state index contributed by atoms with van der Waals surface area (Å²) in [6.45, 7) is 6.69. The molecule has 3 unspecified atom stereocenters. The van der Waals surface area contributed by atoms with Gasteiger partial charge in [0.05, 0.1) is 19.8 Å². The number of aliphatic hydroxyl groups is 2. The molecule has 2 bridgehead atoms. The Bertz CT molecular complexity index is 356. The van der Waals surface area contributed by atoms with E-state index in [1.807, 2.05) is 6.08 Å². The molecule has 0 saturated heterocycles. The van der Waals surface area contributed by atoms with Crippen molar-refractivity contribution in [3.8, 4) is 0 Å². The number of carbonyl (C=O) groups is 1. The van der Waals surface area contributed by atoms with E-state index in [0.29, 0.717) is 6.42 Å². The topological polar surface area (TPSA) is 57.5 Å². The quantitative estimate of drug-likeness (QED) is 0.707. The molecule has 2 aliphatic rings. The number of rotatable bonds is 1. The first-order valence-corrected chi connectivity index (χ1v) is 10.0. The number of ketones is 1. The molecule has 17 heavy (non-hydrogen) atoms. The summed E-state index contributed by atoms with van der Waals surface area (Å²) >= 11 is 0. The minimum absolute atomic E-state index is 0.0174. The van der Waals surface area contributed by atoms with Crippen LogP contribution in [0.2, 0.25) is 25.2 Å². The van der Waals surface area contributed by atoms with Crippen molar-refractivity contribution in [1.82, 2.24) is 0 Å². The highest BCUT2D eigenvalue weighted by Gasteiger charge is 2.46. The van der Waals surface area contributed by atoms with Gasteiger partial charge in [-0.15, -0.1) is 0 Å². The number of hydrogen-bond acceptors (Lipinski definition) is 3. The summed E-state index contributed by atoms with van der Waals surface area (Å²) in [5.74, 6) is -0.383. The predicted molar refractivity (Wildman–Crippen MR) is 69.7 cm³/mol. The van der Waals surface area contributed by atoms with E-state index in [4.69, 9.17) is 0 Å². The average Bonchev–Trinajstić information content (AvgIpc) is 2.38. The Balaban J connectivity index is 2.46. The molecule has 1 fully saturated rings. The summed E-state index contributed by atoms with van der Waals surface area (Å²) in [7, 11) is -1.53. The van der Waals surface area contributed by atoms with E-state index < -0.39 is 20.1 Å². The van der Waals surface area contributed by atoms with Gasteiger partial charge in [-0.2, -0.15) is 0 Å². The van der Waals surface area contributed by atoms with Crippen molar-refractivity contribution >= 4 is 13.9 Å². The zero-order chi connectivity index (χ0) is 12.8. The third-order valence-corrected chi connectivity index (χ3v) is 6.83. The number of allylic oxidation sites excluding steroid dienone is 2. The lowest BCUT2D eigenvalue weighted by atomic mass is 9.93. The standard InChI is InChI=1S/C13H22O3Si/c1-17(2,3)11-7-10(14)8-5-4-6-9(11)13(16)12(8)15/h7-9,11,13-14,16H,4-6H2,1-3H3/t8?,9?,11-,13?/m0/s1. The largest absolute Gasteiger partial charge is 0.512 e. The van der Waals surface area contributed by atoms with Crippen LogP contribution < -0.4 is 0 Å². The number of aliphatic hydroxyl groups excluding tert-OH is 2. The van der Waals surface area contributed by atoms with E-state index in [2.05, 4.69) is 19.6 Å². The van der Waals surface area contributed by atoms with Gasteiger partial charge in [0.2, 0.25) is 0 Å². The van der Waals surface area contributed by atoms with E-state index in [1.54, 1.807) is 0 Å². The fourth-order valence-corrected chi connectivity index (χ4v) is 5.56. The van der Waals surface area contributed by atoms with E-state index in [0.717, 1.165) is 12.8 Å². The van der Waals surface area contributed by atoms with E-state index in [-0.39, 0.29) is 23.0 Å². The number of carbonyl (C=O) groups excluding carboxylic acids is 1. The van der Waals surface area contributed by atoms with Crippen LogP contribution in [0.25, 0.3) is 0 Å². The Hall–Kier alpha value is -0.613. The second kappa shape index (κ2) is 4.25. The summed E-state index contributed by atoms with van der Waals surface area (Å²) < 4.78 is 0. The molecule has 0 aromatic rings. The maximum Gasteiger partial charge on any atom is 0.172 e. The van der Waals surface area contributed by atoms with Gasteiger partial charge in [-0.05, 0) is 30.4 Å². The Morgan fingerprint density at radius 3 is 2.53 bits per heavy atom. The van der Waals surface area contributed by atoms with Crippen LogP contribution in [-0.2, 0) is 4.79 Å². The van der Waals surface area contributed by atoms with Crippen LogP contribution in [0.5, 0.6) is 0 Å². The van der Waals surface area contributed by atoms with Crippen LogP contribution in [0.15, 0.2) is 11.8 Å². The molecule has 0 heterocycles. The molecule has 1 saturated carbocycles. The normalized spacial score (nSPS) is 38.6. The SMILES string of the molecule is C[Si](C)(C)[C@H]1C=C(O)C2CCCC1C(O)C2=O. The molecule has 96 valence electrons. The third kappa shape index (κ3) is 2.20. The van der Waals surface area contributed by atoms with E-state index >= 15 is 0 Å². The highest BCUT2D eigenvalue weighted by Crippen LogP contribution is 2.44. The van der Waals surface area contributed by atoms with Gasteiger partial charge in [-0.3, -0.25) is 4.79 Å². The zero-order valence-electron chi connectivity index (χ0n) is 10.8. The lowest BCUT2D eigenvalue weighted by Gasteiger charge is -2.34. The van der Waals surface area contributed by atoms with Crippen molar-refractivity contribution in [1.29, 1.82) is 0 Å². The summed E-state index contributed by atoms with van der Waals surface area (Å²) in [6, 6.07) is 0. The van der Waals surface area contributed by atoms with Gasteiger partial charge >= 0.3 is 0 Å². The Morgan fingerprint density at radius 2 is 1.94 bits per heavy atom. The van der Waals surface area contributed by atoms with Crippen molar-refractivity contribution < 1.29 is 15.0 Å². The predicted octanol–water partition coefficient (Wildman–Crippen LogP) is 2.50. The summed E-state index contributed by atoms with van der Waals surface area (Å²) in [5.41, 5.74) is 0.201. The summed E-state index contributed by atoms with van der Waals surface area (Å²) in [6.07, 6.45) is 3.53. The van der Waals surface area contributed by atoms with Crippen molar-refractivity contribution in [2.75, 3.05) is 0 Å². The fraction of sp³-hybridized carbons (Fsp3) is 0.769. The van der Waals surface area contributed by atoms with Crippen LogP contribution in [0.1, 0.15) is 19.3 Å². The lowest BCUT2D eigenvalue weighted by molar-refractivity contribution is -0.132. The second-order valence-corrected chi connectivity index (χ2v) is 11.9. The van der Waals surface area contributed by atoms with Gasteiger partial charge < -0.3 is 10.2 Å². The first-order valence-electron chi connectivity index (χ1n) is 6.45. The van der Waals surface area contributed by atoms with Gasteiger partial charge in [0, 0.05) is 0 Å². The van der Waals surface area contributed by atoms with Crippen LogP contribution in [-0.4, -0.2) is 30.2 Å². The minimum atomic E-state index is -1.53. The lowest BCUT2D eigenvalue weighted by Crippen LogP contribution is -2.39. The highest BCUT2D eigenvalue weighted by atomic mass is 28.3. The van der Waals surface area contributed by atoms with Crippen LogP contribution >= 0.6 is 0 Å². The smallest absolute Gasteiger partial charge is 0.172 e. The first-order chi connectivity index (χ1) is 7.82. The molecule has 2 rings (SSSR count). The summed E-state index contributed by atoms with van der Waals surface area (Å²) in [5, 5.41) is 20.3. The molecule has 0 radical (unpaired) electrons. The molecule has 0 amide bonds. The molecule has 0 aliphatic heterocycles. The molecule has 4 atom stereocenters. The minimum Gasteiger partial charge on any atom is -0.512 e. The summed E-state index contributed by atoms with van der Waals surface area (Å²) in [4.78, 5) is 12.1. The Morgan fingerprint density at radius 1 is 1.29 bits per heavy atom. The molecule has 4 heteroatoms. The monoisotopic (exact) mass is 254 g/mol.